The van der Waals surface area contributed by atoms with E-state index < -0.39 is 0 Å². The molecular formula is C13H15ClN2O2. The molecule has 0 aliphatic carbocycles. The molecule has 0 spiro atoms. The second kappa shape index (κ2) is 5.98. The fourth-order valence-corrected chi connectivity index (χ4v) is 1.87. The van der Waals surface area contributed by atoms with Crippen LogP contribution < -0.4 is 0 Å². The van der Waals surface area contributed by atoms with Crippen LogP contribution in [0.15, 0.2) is 31.0 Å². The van der Waals surface area contributed by atoms with Gasteiger partial charge in [-0.3, -0.25) is 0 Å². The lowest BCUT2D eigenvalue weighted by atomic mass is 10.1. The predicted molar refractivity (Wildman–Crippen MR) is 70.1 cm³/mol. The molecule has 2 rings (SSSR count). The Hall–Kier alpha value is -1.39. The highest BCUT2D eigenvalue weighted by atomic mass is 35.5. The summed E-state index contributed by atoms with van der Waals surface area (Å²) in [6.45, 7) is 6.75. The van der Waals surface area contributed by atoms with E-state index in [0.717, 1.165) is 5.76 Å². The van der Waals surface area contributed by atoms with Crippen molar-refractivity contribution >= 4 is 17.4 Å². The van der Waals surface area contributed by atoms with Gasteiger partial charge in [0.2, 0.25) is 5.28 Å². The maximum absolute atomic E-state index is 5.81. The van der Waals surface area contributed by atoms with E-state index in [1.807, 2.05) is 6.08 Å². The second-order valence-electron chi connectivity index (χ2n) is 4.08. The number of hydrogen-bond donors (Lipinski definition) is 0. The van der Waals surface area contributed by atoms with Crippen molar-refractivity contribution in [1.82, 2.24) is 9.97 Å². The van der Waals surface area contributed by atoms with Gasteiger partial charge in [0, 0.05) is 12.1 Å². The van der Waals surface area contributed by atoms with Gasteiger partial charge in [0.15, 0.2) is 0 Å². The summed E-state index contributed by atoms with van der Waals surface area (Å²) >= 11 is 5.76. The van der Waals surface area contributed by atoms with Gasteiger partial charge in [-0.2, -0.15) is 0 Å². The van der Waals surface area contributed by atoms with Crippen LogP contribution in [0, 0.1) is 5.92 Å². The van der Waals surface area contributed by atoms with E-state index in [0.29, 0.717) is 18.9 Å². The lowest BCUT2D eigenvalue weighted by Gasteiger charge is -2.16. The molecule has 1 aliphatic heterocycles. The molecular weight excluding hydrogens is 252 g/mol. The predicted octanol–water partition coefficient (Wildman–Crippen LogP) is 2.71. The normalized spacial score (nSPS) is 22.4. The zero-order valence-corrected chi connectivity index (χ0v) is 10.9. The highest BCUT2D eigenvalue weighted by molar-refractivity contribution is 6.28. The molecule has 2 heterocycles. The van der Waals surface area contributed by atoms with Crippen LogP contribution in [0.3, 0.4) is 0 Å². The molecule has 1 aliphatic rings. The third kappa shape index (κ3) is 3.09. The summed E-state index contributed by atoms with van der Waals surface area (Å²) in [5.74, 6) is 1.01. The zero-order valence-electron chi connectivity index (χ0n) is 10.2. The van der Waals surface area contributed by atoms with Crippen LogP contribution in [0.5, 0.6) is 0 Å². The summed E-state index contributed by atoms with van der Waals surface area (Å²) in [5.41, 5.74) is 0.702. The van der Waals surface area contributed by atoms with E-state index in [9.17, 15) is 0 Å². The van der Waals surface area contributed by atoms with Crippen molar-refractivity contribution in [2.45, 2.75) is 13.0 Å². The van der Waals surface area contributed by atoms with Gasteiger partial charge in [0.25, 0.3) is 0 Å². The van der Waals surface area contributed by atoms with Crippen LogP contribution in [0.4, 0.5) is 0 Å². The first-order chi connectivity index (χ1) is 8.70. The summed E-state index contributed by atoms with van der Waals surface area (Å²) in [6, 6.07) is 1.78. The Kier molecular flexibility index (Phi) is 4.33. The Morgan fingerprint density at radius 1 is 1.61 bits per heavy atom. The zero-order chi connectivity index (χ0) is 13.0. The minimum absolute atomic E-state index is 0.00805. The third-order valence-corrected chi connectivity index (χ3v) is 2.86. The maximum Gasteiger partial charge on any atom is 0.222 e. The number of rotatable bonds is 5. The van der Waals surface area contributed by atoms with E-state index >= 15 is 0 Å². The standard InChI is InChI=1S/C13H15ClN2O2/c1-3-6-17-8-12-9(2)7-11(18-12)10-4-5-15-13(14)16-10/h3-5,7,9,12H,1,6,8H2,2H3. The number of nitrogens with zero attached hydrogens (tertiary/aromatic N) is 2. The molecule has 1 aromatic rings. The maximum atomic E-state index is 5.81. The number of ether oxygens (including phenoxy) is 2. The quantitative estimate of drug-likeness (QED) is 0.467. The Morgan fingerprint density at radius 3 is 3.17 bits per heavy atom. The van der Waals surface area contributed by atoms with E-state index in [1.165, 1.54) is 0 Å². The molecule has 0 bridgehead atoms. The SMILES string of the molecule is C=CCOCC1OC(c2ccnc(Cl)n2)=CC1C. The van der Waals surface area contributed by atoms with Gasteiger partial charge >= 0.3 is 0 Å². The van der Waals surface area contributed by atoms with Gasteiger partial charge in [-0.15, -0.1) is 6.58 Å². The average molecular weight is 267 g/mol. The minimum Gasteiger partial charge on any atom is -0.485 e. The summed E-state index contributed by atoms with van der Waals surface area (Å²) in [5, 5.41) is 0.219. The second-order valence-corrected chi connectivity index (χ2v) is 4.42. The molecule has 1 aromatic heterocycles. The largest absolute Gasteiger partial charge is 0.485 e. The van der Waals surface area contributed by atoms with Crippen LogP contribution in [0.25, 0.3) is 5.76 Å². The van der Waals surface area contributed by atoms with E-state index in [2.05, 4.69) is 23.5 Å². The lowest BCUT2D eigenvalue weighted by Crippen LogP contribution is -2.21. The Balaban J connectivity index is 2.00. The molecule has 0 amide bonds. The fourth-order valence-electron chi connectivity index (χ4n) is 1.73. The van der Waals surface area contributed by atoms with Gasteiger partial charge in [0.1, 0.15) is 17.6 Å². The van der Waals surface area contributed by atoms with Crippen LogP contribution in [0.2, 0.25) is 5.28 Å². The molecule has 18 heavy (non-hydrogen) atoms. The molecule has 4 nitrogen and oxygen atoms in total. The summed E-state index contributed by atoms with van der Waals surface area (Å²) in [6.07, 6.45) is 5.37. The molecule has 0 saturated heterocycles. The first-order valence-corrected chi connectivity index (χ1v) is 6.14. The van der Waals surface area contributed by atoms with Crippen molar-refractivity contribution in [2.24, 2.45) is 5.92 Å². The topological polar surface area (TPSA) is 44.2 Å². The van der Waals surface area contributed by atoms with Gasteiger partial charge in [-0.25, -0.2) is 9.97 Å². The molecule has 0 N–H and O–H groups in total. The smallest absolute Gasteiger partial charge is 0.222 e. The van der Waals surface area contributed by atoms with Gasteiger partial charge < -0.3 is 9.47 Å². The molecule has 2 unspecified atom stereocenters. The minimum atomic E-state index is 0.00805. The van der Waals surface area contributed by atoms with Crippen molar-refractivity contribution in [3.05, 3.63) is 42.0 Å². The highest BCUT2D eigenvalue weighted by Gasteiger charge is 2.27. The van der Waals surface area contributed by atoms with Crippen LogP contribution >= 0.6 is 11.6 Å². The highest BCUT2D eigenvalue weighted by Crippen LogP contribution is 2.29. The van der Waals surface area contributed by atoms with E-state index in [1.54, 1.807) is 18.3 Å². The van der Waals surface area contributed by atoms with E-state index in [4.69, 9.17) is 21.1 Å². The fraction of sp³-hybridized carbons (Fsp3) is 0.385. The Morgan fingerprint density at radius 2 is 2.44 bits per heavy atom. The molecule has 0 aromatic carbocycles. The first kappa shape index (κ1) is 13.1. The van der Waals surface area contributed by atoms with Gasteiger partial charge in [-0.05, 0) is 23.7 Å². The molecule has 0 radical (unpaired) electrons. The van der Waals surface area contributed by atoms with Crippen molar-refractivity contribution in [3.63, 3.8) is 0 Å². The average Bonchev–Trinajstić information content (AvgIpc) is 2.72. The third-order valence-electron chi connectivity index (χ3n) is 2.68. The van der Waals surface area contributed by atoms with Crippen LogP contribution in [-0.4, -0.2) is 29.3 Å². The van der Waals surface area contributed by atoms with Crippen molar-refractivity contribution < 1.29 is 9.47 Å². The van der Waals surface area contributed by atoms with Gasteiger partial charge in [0.05, 0.1) is 13.2 Å². The summed E-state index contributed by atoms with van der Waals surface area (Å²) < 4.78 is 11.2. The van der Waals surface area contributed by atoms with Gasteiger partial charge in [-0.1, -0.05) is 13.0 Å². The lowest BCUT2D eigenvalue weighted by molar-refractivity contribution is 0.0420. The molecule has 0 fully saturated rings. The number of hydrogen-bond acceptors (Lipinski definition) is 4. The monoisotopic (exact) mass is 266 g/mol. The van der Waals surface area contributed by atoms with E-state index in [-0.39, 0.29) is 17.3 Å². The number of halogens is 1. The summed E-state index contributed by atoms with van der Waals surface area (Å²) in [7, 11) is 0. The Labute approximate surface area is 111 Å². The molecule has 0 saturated carbocycles. The van der Waals surface area contributed by atoms with Crippen molar-refractivity contribution in [1.29, 1.82) is 0 Å². The molecule has 2 atom stereocenters. The van der Waals surface area contributed by atoms with Crippen molar-refractivity contribution in [3.8, 4) is 0 Å². The molecule has 96 valence electrons. The Bertz CT molecular complexity index is 462. The number of aromatic nitrogens is 2. The summed E-state index contributed by atoms with van der Waals surface area (Å²) in [4.78, 5) is 7.97. The van der Waals surface area contributed by atoms with Crippen LogP contribution in [-0.2, 0) is 9.47 Å². The first-order valence-electron chi connectivity index (χ1n) is 5.76. The molecule has 5 heteroatoms. The van der Waals surface area contributed by atoms with Crippen LogP contribution in [0.1, 0.15) is 12.6 Å². The van der Waals surface area contributed by atoms with Crippen molar-refractivity contribution in [2.75, 3.05) is 13.2 Å².